The van der Waals surface area contributed by atoms with Gasteiger partial charge in [0, 0.05) is 33.4 Å². The fraction of sp³-hybridized carbons (Fsp3) is 0.478. The summed E-state index contributed by atoms with van der Waals surface area (Å²) in [5, 5.41) is 13.5. The number of nitrogens with two attached hydrogens (primary N) is 1. The standard InChI is InChI=1S/C23H27IN4O11S2/c1-11(29)35-9-18-19(36-12(2)30)20(37-13(3)31)21(38-14(4)32)23(39-18)40-10-17-22(24)28(27-26-17)15-5-7-16(8-6-15)41(25,33)34/h5-8,18-21,23H,9-10H2,1-4H3,(H2,25,33,34)/t18-,19-,20+,21-,23+/m1/s1. The zero-order chi connectivity index (χ0) is 30.5. The second-order valence-corrected chi connectivity index (χ2v) is 12.3. The van der Waals surface area contributed by atoms with E-state index in [2.05, 4.69) is 10.3 Å². The van der Waals surface area contributed by atoms with Gasteiger partial charge >= 0.3 is 23.9 Å². The lowest BCUT2D eigenvalue weighted by atomic mass is 9.99. The number of sulfonamides is 1. The molecule has 2 N–H and O–H groups in total. The molecule has 224 valence electrons. The molecule has 3 rings (SSSR count). The molecule has 2 aromatic rings. The zero-order valence-electron chi connectivity index (χ0n) is 22.2. The normalized spacial score (nSPS) is 22.4. The second-order valence-electron chi connectivity index (χ2n) is 8.66. The van der Waals surface area contributed by atoms with Crippen LogP contribution in [0.1, 0.15) is 33.4 Å². The highest BCUT2D eigenvalue weighted by atomic mass is 127. The van der Waals surface area contributed by atoms with Gasteiger partial charge in [-0.3, -0.25) is 19.2 Å². The van der Waals surface area contributed by atoms with E-state index in [1.54, 1.807) is 0 Å². The van der Waals surface area contributed by atoms with Crippen molar-refractivity contribution in [1.29, 1.82) is 0 Å². The number of benzene rings is 1. The van der Waals surface area contributed by atoms with Gasteiger partial charge in [-0.1, -0.05) is 5.21 Å². The zero-order valence-corrected chi connectivity index (χ0v) is 26.0. The molecule has 0 bridgehead atoms. The predicted octanol–water partition coefficient (Wildman–Crippen LogP) is 0.836. The number of ether oxygens (including phenoxy) is 5. The Morgan fingerprint density at radius 1 is 0.951 bits per heavy atom. The number of nitrogens with zero attached hydrogens (tertiary/aromatic N) is 3. The summed E-state index contributed by atoms with van der Waals surface area (Å²) in [6.45, 7) is 4.30. The van der Waals surface area contributed by atoms with E-state index in [1.807, 2.05) is 22.6 Å². The maximum atomic E-state index is 12.0. The van der Waals surface area contributed by atoms with Crippen LogP contribution in [0.5, 0.6) is 0 Å². The van der Waals surface area contributed by atoms with Crippen LogP contribution in [0.15, 0.2) is 29.2 Å². The van der Waals surface area contributed by atoms with Crippen LogP contribution in [-0.2, 0) is 58.6 Å². The topological polar surface area (TPSA) is 205 Å². The van der Waals surface area contributed by atoms with Crippen LogP contribution in [0.4, 0.5) is 0 Å². The molecule has 15 nitrogen and oxygen atoms in total. The van der Waals surface area contributed by atoms with Crippen molar-refractivity contribution in [3.8, 4) is 5.69 Å². The van der Waals surface area contributed by atoms with Crippen LogP contribution < -0.4 is 5.14 Å². The maximum Gasteiger partial charge on any atom is 0.303 e. The van der Waals surface area contributed by atoms with Gasteiger partial charge < -0.3 is 23.7 Å². The molecule has 1 aliphatic heterocycles. The molecule has 41 heavy (non-hydrogen) atoms. The molecule has 2 heterocycles. The van der Waals surface area contributed by atoms with Gasteiger partial charge in [0.1, 0.15) is 27.5 Å². The van der Waals surface area contributed by atoms with E-state index < -0.39 is 63.8 Å². The number of halogens is 1. The van der Waals surface area contributed by atoms with Gasteiger partial charge in [-0.15, -0.1) is 16.9 Å². The Morgan fingerprint density at radius 2 is 1.51 bits per heavy atom. The highest BCUT2D eigenvalue weighted by molar-refractivity contribution is 14.1. The van der Waals surface area contributed by atoms with E-state index in [1.165, 1.54) is 35.9 Å². The Balaban J connectivity index is 1.89. The molecular weight excluding hydrogens is 699 g/mol. The lowest BCUT2D eigenvalue weighted by Crippen LogP contribution is -2.61. The summed E-state index contributed by atoms with van der Waals surface area (Å²) in [6.07, 6.45) is -4.81. The Hall–Kier alpha value is -2.81. The minimum atomic E-state index is -3.87. The molecule has 5 atom stereocenters. The van der Waals surface area contributed by atoms with Gasteiger partial charge in [0.2, 0.25) is 10.0 Å². The summed E-state index contributed by atoms with van der Waals surface area (Å²) in [7, 11) is -3.87. The smallest absolute Gasteiger partial charge is 0.303 e. The SMILES string of the molecule is CC(=O)OC[C@H]1O[C@@H](SCc2nnn(-c3ccc(S(N)(=O)=O)cc3)c2I)[C@H](OC(C)=O)[C@@H](OC(C)=O)[C@@H]1OC(C)=O. The number of primary sulfonamides is 1. The molecule has 1 aromatic carbocycles. The van der Waals surface area contributed by atoms with E-state index in [-0.39, 0.29) is 17.3 Å². The molecule has 18 heteroatoms. The molecule has 1 aliphatic rings. The Bertz CT molecular complexity index is 1400. The first-order valence-electron chi connectivity index (χ1n) is 11.8. The van der Waals surface area contributed by atoms with E-state index in [9.17, 15) is 27.6 Å². The summed E-state index contributed by atoms with van der Waals surface area (Å²) >= 11 is 3.15. The number of esters is 4. The second kappa shape index (κ2) is 13.9. The maximum absolute atomic E-state index is 12.0. The molecule has 0 saturated carbocycles. The largest absolute Gasteiger partial charge is 0.463 e. The number of aromatic nitrogens is 3. The Morgan fingerprint density at radius 3 is 2.05 bits per heavy atom. The van der Waals surface area contributed by atoms with Crippen molar-refractivity contribution in [3.63, 3.8) is 0 Å². The van der Waals surface area contributed by atoms with Crippen molar-refractivity contribution in [2.24, 2.45) is 5.14 Å². The van der Waals surface area contributed by atoms with Crippen LogP contribution >= 0.6 is 34.4 Å². The summed E-state index contributed by atoms with van der Waals surface area (Å²) < 4.78 is 52.6. The van der Waals surface area contributed by atoms with E-state index in [4.69, 9.17) is 28.8 Å². The van der Waals surface area contributed by atoms with Crippen molar-refractivity contribution in [3.05, 3.63) is 33.7 Å². The van der Waals surface area contributed by atoms with Crippen molar-refractivity contribution >= 4 is 68.3 Å². The molecule has 1 aromatic heterocycles. The molecule has 0 spiro atoms. The Labute approximate surface area is 252 Å². The molecule has 0 unspecified atom stereocenters. The lowest BCUT2D eigenvalue weighted by Gasteiger charge is -2.44. The van der Waals surface area contributed by atoms with E-state index in [0.717, 1.165) is 32.5 Å². The summed E-state index contributed by atoms with van der Waals surface area (Å²) in [4.78, 5) is 47.3. The quantitative estimate of drug-likeness (QED) is 0.205. The minimum absolute atomic E-state index is 0.0594. The summed E-state index contributed by atoms with van der Waals surface area (Å²) in [6, 6.07) is 5.72. The molecule has 0 radical (unpaired) electrons. The fourth-order valence-electron chi connectivity index (χ4n) is 3.82. The van der Waals surface area contributed by atoms with Crippen LogP contribution in [0, 0.1) is 3.70 Å². The average molecular weight is 727 g/mol. The number of carbonyl (C=O) groups excluding carboxylic acids is 4. The van der Waals surface area contributed by atoms with Crippen molar-refractivity contribution in [2.75, 3.05) is 6.61 Å². The number of carbonyl (C=O) groups is 4. The first-order chi connectivity index (χ1) is 19.2. The molecular formula is C23H27IN4O11S2. The first kappa shape index (κ1) is 32.7. The third-order valence-corrected chi connectivity index (χ3v) is 8.58. The highest BCUT2D eigenvalue weighted by Gasteiger charge is 2.52. The van der Waals surface area contributed by atoms with Gasteiger partial charge in [-0.05, 0) is 46.9 Å². The molecule has 1 fully saturated rings. The van der Waals surface area contributed by atoms with Crippen molar-refractivity contribution in [1.82, 2.24) is 15.0 Å². The number of rotatable bonds is 10. The van der Waals surface area contributed by atoms with Crippen LogP contribution in [0.25, 0.3) is 5.69 Å². The third-order valence-electron chi connectivity index (χ3n) is 5.42. The van der Waals surface area contributed by atoms with E-state index in [0.29, 0.717) is 15.1 Å². The predicted molar refractivity (Wildman–Crippen MR) is 149 cm³/mol. The van der Waals surface area contributed by atoms with Gasteiger partial charge in [0.15, 0.2) is 18.3 Å². The number of hydrogen-bond acceptors (Lipinski definition) is 14. The monoisotopic (exact) mass is 726 g/mol. The van der Waals surface area contributed by atoms with Gasteiger partial charge in [0.25, 0.3) is 0 Å². The minimum Gasteiger partial charge on any atom is -0.463 e. The van der Waals surface area contributed by atoms with Crippen LogP contribution in [0.3, 0.4) is 0 Å². The third kappa shape index (κ3) is 8.84. The average Bonchev–Trinajstić information content (AvgIpc) is 3.23. The number of hydrogen-bond donors (Lipinski definition) is 1. The van der Waals surface area contributed by atoms with Gasteiger partial charge in [-0.2, -0.15) is 0 Å². The molecule has 0 amide bonds. The van der Waals surface area contributed by atoms with Gasteiger partial charge in [-0.25, -0.2) is 18.2 Å². The summed E-state index contributed by atoms with van der Waals surface area (Å²) in [5.41, 5.74) is 0.0439. The first-order valence-corrected chi connectivity index (χ1v) is 15.5. The summed E-state index contributed by atoms with van der Waals surface area (Å²) in [5.74, 6) is -2.60. The molecule has 0 aliphatic carbocycles. The fourth-order valence-corrected chi connectivity index (χ4v) is 6.40. The lowest BCUT2D eigenvalue weighted by molar-refractivity contribution is -0.237. The van der Waals surface area contributed by atoms with Crippen molar-refractivity contribution in [2.45, 2.75) is 68.2 Å². The van der Waals surface area contributed by atoms with Crippen LogP contribution in [0.2, 0.25) is 0 Å². The van der Waals surface area contributed by atoms with Gasteiger partial charge in [0.05, 0.1) is 10.6 Å². The van der Waals surface area contributed by atoms with E-state index >= 15 is 0 Å². The van der Waals surface area contributed by atoms with Crippen molar-refractivity contribution < 1.29 is 51.3 Å². The number of thioether (sulfide) groups is 1. The highest BCUT2D eigenvalue weighted by Crippen LogP contribution is 2.36. The Kier molecular flexibility index (Phi) is 11.1. The van der Waals surface area contributed by atoms with Crippen LogP contribution in [-0.4, -0.2) is 83.7 Å². The molecule has 1 saturated heterocycles.